The first-order valence-electron chi connectivity index (χ1n) is 7.67. The third-order valence-corrected chi connectivity index (χ3v) is 3.46. The maximum absolute atomic E-state index is 5.32. The summed E-state index contributed by atoms with van der Waals surface area (Å²) in [5.41, 5.74) is 5.31. The van der Waals surface area contributed by atoms with Gasteiger partial charge in [-0.1, -0.05) is 17.7 Å². The van der Waals surface area contributed by atoms with E-state index in [0.717, 1.165) is 38.7 Å². The maximum Gasteiger partial charge on any atom is 0.191 e. The van der Waals surface area contributed by atoms with Crippen molar-refractivity contribution in [1.82, 2.24) is 10.6 Å². The Morgan fingerprint density at radius 2 is 1.81 bits per heavy atom. The third-order valence-electron chi connectivity index (χ3n) is 3.46. The molecule has 0 amide bonds. The Hall–Kier alpha value is -1.55. The molecule has 4 nitrogen and oxygen atoms in total. The summed E-state index contributed by atoms with van der Waals surface area (Å²) >= 11 is 0. The van der Waals surface area contributed by atoms with Gasteiger partial charge in [0.2, 0.25) is 0 Å². The average molecular weight is 291 g/mol. The van der Waals surface area contributed by atoms with Gasteiger partial charge in [-0.25, -0.2) is 0 Å². The summed E-state index contributed by atoms with van der Waals surface area (Å²) in [6.45, 7) is 11.7. The molecule has 4 heteroatoms. The summed E-state index contributed by atoms with van der Waals surface area (Å²) in [5, 5.41) is 6.68. The Morgan fingerprint density at radius 1 is 1.14 bits per heavy atom. The van der Waals surface area contributed by atoms with Crippen molar-refractivity contribution in [2.24, 2.45) is 4.99 Å². The van der Waals surface area contributed by atoms with Crippen molar-refractivity contribution in [2.75, 3.05) is 26.8 Å². The number of hydrogen-bond acceptors (Lipinski definition) is 2. The highest BCUT2D eigenvalue weighted by Gasteiger charge is 2.05. The van der Waals surface area contributed by atoms with E-state index in [-0.39, 0.29) is 0 Å². The van der Waals surface area contributed by atoms with Gasteiger partial charge >= 0.3 is 0 Å². The lowest BCUT2D eigenvalue weighted by Gasteiger charge is -2.15. The molecule has 0 aliphatic carbocycles. The second-order valence-electron chi connectivity index (χ2n) is 5.28. The van der Waals surface area contributed by atoms with Gasteiger partial charge in [0.25, 0.3) is 0 Å². The molecule has 1 aromatic rings. The van der Waals surface area contributed by atoms with Gasteiger partial charge in [0, 0.05) is 33.4 Å². The molecule has 0 atom stereocenters. The number of hydrogen-bond donors (Lipinski definition) is 2. The van der Waals surface area contributed by atoms with E-state index in [1.165, 1.54) is 22.3 Å². The molecule has 0 unspecified atom stereocenters. The zero-order valence-corrected chi connectivity index (χ0v) is 14.0. The van der Waals surface area contributed by atoms with Gasteiger partial charge in [-0.2, -0.15) is 0 Å². The molecule has 0 saturated carbocycles. The number of rotatable bonds is 7. The predicted molar refractivity (Wildman–Crippen MR) is 90.0 cm³/mol. The molecule has 2 N–H and O–H groups in total. The van der Waals surface area contributed by atoms with E-state index in [4.69, 9.17) is 4.74 Å². The van der Waals surface area contributed by atoms with Gasteiger partial charge in [0.15, 0.2) is 5.96 Å². The second-order valence-corrected chi connectivity index (χ2v) is 5.28. The van der Waals surface area contributed by atoms with Crippen LogP contribution in [0.4, 0.5) is 0 Å². The minimum atomic E-state index is 0.777. The molecular weight excluding hydrogens is 262 g/mol. The van der Waals surface area contributed by atoms with E-state index in [2.05, 4.69) is 48.5 Å². The van der Waals surface area contributed by atoms with Crippen molar-refractivity contribution >= 4 is 5.96 Å². The molecule has 0 spiro atoms. The van der Waals surface area contributed by atoms with E-state index >= 15 is 0 Å². The van der Waals surface area contributed by atoms with Gasteiger partial charge in [-0.3, -0.25) is 4.99 Å². The van der Waals surface area contributed by atoms with E-state index in [1.807, 2.05) is 6.92 Å². The van der Waals surface area contributed by atoms with Crippen LogP contribution in [0.5, 0.6) is 0 Å². The highest BCUT2D eigenvalue weighted by atomic mass is 16.5. The van der Waals surface area contributed by atoms with Crippen LogP contribution >= 0.6 is 0 Å². The lowest BCUT2D eigenvalue weighted by atomic mass is 10.00. The third kappa shape index (κ3) is 6.17. The van der Waals surface area contributed by atoms with Crippen LogP contribution in [0, 0.1) is 20.8 Å². The first kappa shape index (κ1) is 17.5. The Labute approximate surface area is 129 Å². The number of ether oxygens (including phenoxy) is 1. The summed E-state index contributed by atoms with van der Waals surface area (Å²) in [6.07, 6.45) is 0.983. The van der Waals surface area contributed by atoms with Gasteiger partial charge in [0.1, 0.15) is 0 Å². The summed E-state index contributed by atoms with van der Waals surface area (Å²) in [4.78, 5) is 4.25. The highest BCUT2D eigenvalue weighted by Crippen LogP contribution is 2.15. The van der Waals surface area contributed by atoms with Crippen LogP contribution in [0.2, 0.25) is 0 Å². The second kappa shape index (κ2) is 9.40. The van der Waals surface area contributed by atoms with Crippen molar-refractivity contribution in [3.05, 3.63) is 34.4 Å². The minimum Gasteiger partial charge on any atom is -0.382 e. The number of benzene rings is 1. The topological polar surface area (TPSA) is 45.6 Å². The van der Waals surface area contributed by atoms with Gasteiger partial charge in [-0.15, -0.1) is 0 Å². The quantitative estimate of drug-likeness (QED) is 0.461. The molecule has 0 bridgehead atoms. The van der Waals surface area contributed by atoms with Gasteiger partial charge < -0.3 is 15.4 Å². The average Bonchev–Trinajstić information content (AvgIpc) is 2.43. The standard InChI is InChI=1S/C17H29N3O/c1-6-21-9-7-8-19-17(18-5)20-12-16-14(3)10-13(2)11-15(16)4/h10-11H,6-9,12H2,1-5H3,(H2,18,19,20). The van der Waals surface area contributed by atoms with Crippen molar-refractivity contribution in [3.8, 4) is 0 Å². The smallest absolute Gasteiger partial charge is 0.191 e. The highest BCUT2D eigenvalue weighted by molar-refractivity contribution is 5.79. The van der Waals surface area contributed by atoms with Crippen molar-refractivity contribution < 1.29 is 4.74 Å². The lowest BCUT2D eigenvalue weighted by Crippen LogP contribution is -2.37. The van der Waals surface area contributed by atoms with Crippen LogP contribution in [0.15, 0.2) is 17.1 Å². The van der Waals surface area contributed by atoms with E-state index in [1.54, 1.807) is 7.05 Å². The molecular formula is C17H29N3O. The molecule has 0 aliphatic rings. The molecule has 1 rings (SSSR count). The van der Waals surface area contributed by atoms with Crippen LogP contribution in [0.25, 0.3) is 0 Å². The van der Waals surface area contributed by atoms with E-state index in [0.29, 0.717) is 0 Å². The largest absolute Gasteiger partial charge is 0.382 e. The SMILES string of the molecule is CCOCCCNC(=NC)NCc1c(C)cc(C)cc1C. The molecule has 0 fully saturated rings. The summed E-state index contributed by atoms with van der Waals surface area (Å²) < 4.78 is 5.32. The fourth-order valence-electron chi connectivity index (χ4n) is 2.41. The molecule has 0 aromatic heterocycles. The van der Waals surface area contributed by atoms with E-state index < -0.39 is 0 Å². The van der Waals surface area contributed by atoms with Crippen LogP contribution in [-0.2, 0) is 11.3 Å². The molecule has 21 heavy (non-hydrogen) atoms. The number of nitrogens with one attached hydrogen (secondary N) is 2. The first-order valence-corrected chi connectivity index (χ1v) is 7.67. The van der Waals surface area contributed by atoms with Crippen molar-refractivity contribution in [3.63, 3.8) is 0 Å². The normalized spacial score (nSPS) is 11.6. The first-order chi connectivity index (χ1) is 10.1. The molecule has 0 aliphatic heterocycles. The molecule has 0 heterocycles. The molecule has 0 saturated heterocycles. The molecule has 118 valence electrons. The Kier molecular flexibility index (Phi) is 7.83. The minimum absolute atomic E-state index is 0.777. The number of aliphatic imine (C=N–C) groups is 1. The summed E-state index contributed by atoms with van der Waals surface area (Å²) in [7, 11) is 1.80. The van der Waals surface area contributed by atoms with Crippen LogP contribution in [-0.4, -0.2) is 32.8 Å². The number of guanidine groups is 1. The Balaban J connectivity index is 2.45. The van der Waals surface area contributed by atoms with Crippen molar-refractivity contribution in [2.45, 2.75) is 40.7 Å². The van der Waals surface area contributed by atoms with Gasteiger partial charge in [0.05, 0.1) is 0 Å². The zero-order chi connectivity index (χ0) is 15.7. The van der Waals surface area contributed by atoms with E-state index in [9.17, 15) is 0 Å². The Bertz CT molecular complexity index is 446. The van der Waals surface area contributed by atoms with Crippen LogP contribution in [0.3, 0.4) is 0 Å². The van der Waals surface area contributed by atoms with Gasteiger partial charge in [-0.05, 0) is 50.8 Å². The lowest BCUT2D eigenvalue weighted by molar-refractivity contribution is 0.145. The van der Waals surface area contributed by atoms with Crippen molar-refractivity contribution in [1.29, 1.82) is 0 Å². The monoisotopic (exact) mass is 291 g/mol. The summed E-state index contributed by atoms with van der Waals surface area (Å²) in [5.74, 6) is 0.839. The predicted octanol–water partition coefficient (Wildman–Crippen LogP) is 2.70. The fraction of sp³-hybridized carbons (Fsp3) is 0.588. The zero-order valence-electron chi connectivity index (χ0n) is 14.0. The Morgan fingerprint density at radius 3 is 2.38 bits per heavy atom. The van der Waals surface area contributed by atoms with Crippen LogP contribution < -0.4 is 10.6 Å². The molecule has 0 radical (unpaired) electrons. The maximum atomic E-state index is 5.32. The molecule has 1 aromatic carbocycles. The fourth-order valence-corrected chi connectivity index (χ4v) is 2.41. The number of nitrogens with zero attached hydrogens (tertiary/aromatic N) is 1. The van der Waals surface area contributed by atoms with Crippen LogP contribution in [0.1, 0.15) is 35.6 Å². The number of aryl methyl sites for hydroxylation is 3. The summed E-state index contributed by atoms with van der Waals surface area (Å²) in [6, 6.07) is 4.45.